The molecule has 182 valence electrons. The van der Waals surface area contributed by atoms with Gasteiger partial charge in [0.1, 0.15) is 25.1 Å². The first kappa shape index (κ1) is 26.7. The lowest BCUT2D eigenvalue weighted by molar-refractivity contribution is -0.149. The number of alkyl halides is 1. The maximum Gasteiger partial charge on any atom is 0.305 e. The normalized spacial score (nSPS) is 20.5. The summed E-state index contributed by atoms with van der Waals surface area (Å²) in [6.45, 7) is 2.38. The number of aryl methyl sites for hydroxylation is 1. The van der Waals surface area contributed by atoms with Gasteiger partial charge < -0.3 is 14.2 Å². The highest BCUT2D eigenvalue weighted by molar-refractivity contribution is 7.71. The van der Waals surface area contributed by atoms with Crippen molar-refractivity contribution in [1.29, 1.82) is 0 Å². The number of ether oxygens (including phenoxy) is 3. The van der Waals surface area contributed by atoms with Gasteiger partial charge in [0.2, 0.25) is 0 Å². The van der Waals surface area contributed by atoms with Crippen molar-refractivity contribution in [2.24, 2.45) is 0 Å². The summed E-state index contributed by atoms with van der Waals surface area (Å²) in [5.41, 5.74) is 0.194. The number of aromatic amines is 1. The van der Waals surface area contributed by atoms with Crippen LogP contribution in [0, 0.1) is 11.7 Å². The Labute approximate surface area is 194 Å². The molecule has 0 aromatic carbocycles. The van der Waals surface area contributed by atoms with Crippen LogP contribution in [0.25, 0.3) is 0 Å². The van der Waals surface area contributed by atoms with Gasteiger partial charge in [0, 0.05) is 38.3 Å². The van der Waals surface area contributed by atoms with Crippen molar-refractivity contribution < 1.29 is 23.4 Å². The zero-order chi connectivity index (χ0) is 23.3. The molecular weight excluding hydrogens is 435 g/mol. The van der Waals surface area contributed by atoms with Crippen molar-refractivity contribution in [3.63, 3.8) is 0 Å². The summed E-state index contributed by atoms with van der Waals surface area (Å²) in [6, 6.07) is 0. The number of rotatable bonds is 15. The number of aromatic nitrogens is 2. The molecule has 1 aromatic heterocycles. The first-order chi connectivity index (χ1) is 15.4. The third-order valence-corrected chi connectivity index (χ3v) is 6.07. The Hall–Kier alpha value is -1.58. The maximum absolute atomic E-state index is 14.4. The molecular formula is C23H37FN2O5S. The van der Waals surface area contributed by atoms with E-state index in [0.29, 0.717) is 12.0 Å². The monoisotopic (exact) mass is 472 g/mol. The molecule has 1 aliphatic rings. The Morgan fingerprint density at radius 3 is 2.47 bits per heavy atom. The van der Waals surface area contributed by atoms with Crippen LogP contribution in [-0.2, 0) is 19.0 Å². The fraction of sp³-hybridized carbons (Fsp3) is 0.783. The van der Waals surface area contributed by atoms with Crippen LogP contribution in [0.15, 0.2) is 11.0 Å². The zero-order valence-electron chi connectivity index (χ0n) is 19.3. The SMILES string of the molecule is COCCCCCCCCCCCC(=O)OC[C@H]1O[C@@H](n2cc(C)c(=O)[nH]c2=S)C[C@@H]1F. The first-order valence-electron chi connectivity index (χ1n) is 11.7. The summed E-state index contributed by atoms with van der Waals surface area (Å²) < 4.78 is 32.1. The fourth-order valence-corrected chi connectivity index (χ4v) is 4.07. The van der Waals surface area contributed by atoms with Crippen LogP contribution in [0.4, 0.5) is 4.39 Å². The molecule has 3 atom stereocenters. The number of carbonyl (C=O) groups is 1. The molecule has 32 heavy (non-hydrogen) atoms. The molecule has 1 saturated heterocycles. The summed E-state index contributed by atoms with van der Waals surface area (Å²) in [5, 5.41) is 0. The molecule has 1 N–H and O–H groups in total. The second kappa shape index (κ2) is 14.5. The molecule has 0 spiro atoms. The van der Waals surface area contributed by atoms with Crippen LogP contribution in [0.1, 0.15) is 82.4 Å². The number of nitrogens with zero attached hydrogens (tertiary/aromatic N) is 1. The molecule has 0 aliphatic carbocycles. The molecule has 1 fully saturated rings. The van der Waals surface area contributed by atoms with Crippen LogP contribution in [-0.4, -0.2) is 48.1 Å². The largest absolute Gasteiger partial charge is 0.463 e. The Morgan fingerprint density at radius 1 is 1.19 bits per heavy atom. The second-order valence-corrected chi connectivity index (χ2v) is 8.85. The van der Waals surface area contributed by atoms with Gasteiger partial charge in [-0.15, -0.1) is 0 Å². The van der Waals surface area contributed by atoms with Gasteiger partial charge in [-0.25, -0.2) is 4.39 Å². The zero-order valence-corrected chi connectivity index (χ0v) is 20.1. The molecule has 0 radical (unpaired) electrons. The summed E-state index contributed by atoms with van der Waals surface area (Å²) in [5.74, 6) is -0.320. The molecule has 0 amide bonds. The Kier molecular flexibility index (Phi) is 12.1. The highest BCUT2D eigenvalue weighted by Gasteiger charge is 2.37. The summed E-state index contributed by atoms with van der Waals surface area (Å²) >= 11 is 5.15. The van der Waals surface area contributed by atoms with Crippen molar-refractivity contribution >= 4 is 18.2 Å². The lowest BCUT2D eigenvalue weighted by Crippen LogP contribution is -2.25. The van der Waals surface area contributed by atoms with Crippen molar-refractivity contribution in [3.05, 3.63) is 26.9 Å². The highest BCUT2D eigenvalue weighted by Crippen LogP contribution is 2.31. The van der Waals surface area contributed by atoms with Crippen LogP contribution >= 0.6 is 12.2 Å². The highest BCUT2D eigenvalue weighted by atomic mass is 32.1. The van der Waals surface area contributed by atoms with Crippen LogP contribution in [0.5, 0.6) is 0 Å². The third-order valence-electron chi connectivity index (χ3n) is 5.76. The molecule has 0 unspecified atom stereocenters. The van der Waals surface area contributed by atoms with Gasteiger partial charge in [0.15, 0.2) is 4.77 Å². The number of halogens is 1. The average Bonchev–Trinajstić information content (AvgIpc) is 3.13. The van der Waals surface area contributed by atoms with E-state index in [1.807, 2.05) is 0 Å². The van der Waals surface area contributed by atoms with Crippen LogP contribution in [0.2, 0.25) is 0 Å². The molecule has 0 saturated carbocycles. The van der Waals surface area contributed by atoms with Gasteiger partial charge in [-0.1, -0.05) is 44.9 Å². The summed E-state index contributed by atoms with van der Waals surface area (Å²) in [7, 11) is 1.74. The Bertz CT molecular complexity index is 812. The topological polar surface area (TPSA) is 82.6 Å². The van der Waals surface area contributed by atoms with Gasteiger partial charge in [0.05, 0.1) is 0 Å². The number of H-pyrrole nitrogens is 1. The molecule has 1 aromatic rings. The van der Waals surface area contributed by atoms with Gasteiger partial charge in [-0.2, -0.15) is 0 Å². The maximum atomic E-state index is 14.4. The third kappa shape index (κ3) is 9.11. The molecule has 7 nitrogen and oxygen atoms in total. The van der Waals surface area contributed by atoms with Gasteiger partial charge >= 0.3 is 5.97 Å². The number of hydrogen-bond acceptors (Lipinski definition) is 6. The summed E-state index contributed by atoms with van der Waals surface area (Å²) in [4.78, 5) is 26.2. The Balaban J connectivity index is 1.57. The van der Waals surface area contributed by atoms with Crippen LogP contribution < -0.4 is 5.56 Å². The predicted octanol–water partition coefficient (Wildman–Crippen LogP) is 4.93. The smallest absolute Gasteiger partial charge is 0.305 e. The van der Waals surface area contributed by atoms with E-state index in [1.165, 1.54) is 32.1 Å². The lowest BCUT2D eigenvalue weighted by Gasteiger charge is -2.17. The van der Waals surface area contributed by atoms with Crippen molar-refractivity contribution in [3.8, 4) is 0 Å². The number of hydrogen-bond donors (Lipinski definition) is 1. The first-order valence-corrected chi connectivity index (χ1v) is 12.1. The van der Waals surface area contributed by atoms with E-state index in [-0.39, 0.29) is 29.3 Å². The van der Waals surface area contributed by atoms with E-state index in [4.69, 9.17) is 26.4 Å². The van der Waals surface area contributed by atoms with Gasteiger partial charge in [-0.05, 0) is 32.0 Å². The standard InChI is InChI=1S/C23H37FN2O5S/c1-17-15-26(23(32)25-22(17)28)20-14-18(24)19(31-20)16-30-21(27)12-10-8-6-4-3-5-7-9-11-13-29-2/h15,18-20H,3-14,16H2,1-2H3,(H,25,28,32)/t18-,19+,20+/m0/s1. The number of unbranched alkanes of at least 4 members (excludes halogenated alkanes) is 8. The number of carbonyl (C=O) groups excluding carboxylic acids is 1. The fourth-order valence-electron chi connectivity index (χ4n) is 3.81. The van der Waals surface area contributed by atoms with E-state index in [2.05, 4.69) is 4.98 Å². The lowest BCUT2D eigenvalue weighted by atomic mass is 10.1. The Morgan fingerprint density at radius 2 is 1.81 bits per heavy atom. The van der Waals surface area contributed by atoms with E-state index >= 15 is 0 Å². The van der Waals surface area contributed by atoms with Crippen LogP contribution in [0.3, 0.4) is 0 Å². The number of nitrogens with one attached hydrogen (secondary N) is 1. The van der Waals surface area contributed by atoms with E-state index in [9.17, 15) is 14.0 Å². The van der Waals surface area contributed by atoms with Gasteiger partial charge in [-0.3, -0.25) is 19.1 Å². The minimum atomic E-state index is -1.27. The molecule has 2 heterocycles. The predicted molar refractivity (Wildman–Crippen MR) is 123 cm³/mol. The minimum absolute atomic E-state index is 0.0917. The summed E-state index contributed by atoms with van der Waals surface area (Å²) in [6.07, 6.45) is 9.45. The molecule has 0 bridgehead atoms. The van der Waals surface area contributed by atoms with Crippen molar-refractivity contribution in [2.45, 2.75) is 96.1 Å². The number of esters is 1. The average molecular weight is 473 g/mol. The molecule has 2 rings (SSSR count). The van der Waals surface area contributed by atoms with Crippen molar-refractivity contribution in [1.82, 2.24) is 9.55 Å². The van der Waals surface area contributed by atoms with E-state index in [0.717, 1.165) is 32.3 Å². The molecule has 9 heteroatoms. The second-order valence-electron chi connectivity index (χ2n) is 8.47. The minimum Gasteiger partial charge on any atom is -0.463 e. The van der Waals surface area contributed by atoms with Crippen molar-refractivity contribution in [2.75, 3.05) is 20.3 Å². The molecule has 1 aliphatic heterocycles. The van der Waals surface area contributed by atoms with E-state index < -0.39 is 18.5 Å². The van der Waals surface area contributed by atoms with E-state index in [1.54, 1.807) is 24.8 Å². The van der Waals surface area contributed by atoms with Gasteiger partial charge in [0.25, 0.3) is 5.56 Å². The number of methoxy groups -OCH3 is 1. The quantitative estimate of drug-likeness (QED) is 0.221.